The van der Waals surface area contributed by atoms with Crippen molar-refractivity contribution in [1.82, 2.24) is 4.98 Å². The summed E-state index contributed by atoms with van der Waals surface area (Å²) in [6.07, 6.45) is -1.68. The fourth-order valence-electron chi connectivity index (χ4n) is 1.19. The molecule has 80 valence electrons. The van der Waals surface area contributed by atoms with Crippen molar-refractivity contribution in [2.24, 2.45) is 0 Å². The van der Waals surface area contributed by atoms with Gasteiger partial charge >= 0.3 is 0 Å². The number of nitriles is 1. The molecule has 0 fully saturated rings. The van der Waals surface area contributed by atoms with Crippen LogP contribution in [-0.4, -0.2) is 10.1 Å². The van der Waals surface area contributed by atoms with Crippen LogP contribution < -0.4 is 0 Å². The van der Waals surface area contributed by atoms with E-state index in [1.807, 2.05) is 0 Å². The van der Waals surface area contributed by atoms with Gasteiger partial charge in [0.25, 0.3) is 6.43 Å². The lowest BCUT2D eigenvalue weighted by atomic mass is 10.0. The van der Waals surface area contributed by atoms with E-state index in [-0.39, 0.29) is 17.0 Å². The van der Waals surface area contributed by atoms with E-state index < -0.39 is 18.7 Å². The average molecular weight is 233 g/mol. The van der Waals surface area contributed by atoms with E-state index in [0.29, 0.717) is 5.56 Å². The largest absolute Gasteiger partial charge is 0.392 e. The molecule has 0 bridgehead atoms. The van der Waals surface area contributed by atoms with E-state index in [1.54, 1.807) is 6.07 Å². The van der Waals surface area contributed by atoms with Crippen LogP contribution in [0.1, 0.15) is 28.8 Å². The fraction of sp³-hybridized carbons (Fsp3) is 0.333. The standard InChI is InChI=1S/C9H7ClF2N2O/c10-1-5-3-14-8(9(11)12)6(2-13)7(5)4-15/h3,9,15H,1,4H2. The third-order valence-electron chi connectivity index (χ3n) is 1.93. The van der Waals surface area contributed by atoms with Crippen LogP contribution in [0, 0.1) is 11.3 Å². The number of hydrogen-bond donors (Lipinski definition) is 1. The van der Waals surface area contributed by atoms with Crippen molar-refractivity contribution in [3.05, 3.63) is 28.6 Å². The van der Waals surface area contributed by atoms with Gasteiger partial charge in [0.2, 0.25) is 0 Å². The number of alkyl halides is 3. The van der Waals surface area contributed by atoms with Crippen molar-refractivity contribution in [3.8, 4) is 6.07 Å². The highest BCUT2D eigenvalue weighted by Gasteiger charge is 2.19. The van der Waals surface area contributed by atoms with Gasteiger partial charge in [-0.1, -0.05) is 0 Å². The zero-order valence-corrected chi connectivity index (χ0v) is 8.30. The zero-order chi connectivity index (χ0) is 11.4. The van der Waals surface area contributed by atoms with Gasteiger partial charge in [0.05, 0.1) is 12.2 Å². The summed E-state index contributed by atoms with van der Waals surface area (Å²) in [5.41, 5.74) is -0.390. The Hall–Kier alpha value is -1.25. The van der Waals surface area contributed by atoms with Crippen LogP contribution in [-0.2, 0) is 12.5 Å². The van der Waals surface area contributed by atoms with Crippen molar-refractivity contribution >= 4 is 11.6 Å². The molecule has 15 heavy (non-hydrogen) atoms. The number of aromatic nitrogens is 1. The zero-order valence-electron chi connectivity index (χ0n) is 7.54. The highest BCUT2D eigenvalue weighted by molar-refractivity contribution is 6.17. The van der Waals surface area contributed by atoms with Crippen LogP contribution in [0.15, 0.2) is 6.20 Å². The highest BCUT2D eigenvalue weighted by Crippen LogP contribution is 2.25. The smallest absolute Gasteiger partial charge is 0.281 e. The van der Waals surface area contributed by atoms with Gasteiger partial charge in [0.15, 0.2) is 0 Å². The maximum absolute atomic E-state index is 12.4. The number of aliphatic hydroxyl groups is 1. The van der Waals surface area contributed by atoms with Crippen LogP contribution in [0.2, 0.25) is 0 Å². The first-order valence-electron chi connectivity index (χ1n) is 4.01. The molecule has 0 unspecified atom stereocenters. The Balaban J connectivity index is 3.43. The van der Waals surface area contributed by atoms with Crippen LogP contribution in [0.4, 0.5) is 8.78 Å². The van der Waals surface area contributed by atoms with Gasteiger partial charge in [-0.15, -0.1) is 11.6 Å². The molecule has 0 aliphatic carbocycles. The summed E-state index contributed by atoms with van der Waals surface area (Å²) < 4.78 is 24.9. The minimum atomic E-state index is -2.84. The molecule has 1 heterocycles. The predicted octanol–water partition coefficient (Wildman–Crippen LogP) is 2.12. The minimum absolute atomic E-state index is 0.0150. The molecule has 0 saturated carbocycles. The summed E-state index contributed by atoms with van der Waals surface area (Å²) in [5, 5.41) is 17.7. The van der Waals surface area contributed by atoms with E-state index in [4.69, 9.17) is 22.0 Å². The van der Waals surface area contributed by atoms with Crippen LogP contribution >= 0.6 is 11.6 Å². The number of hydrogen-bond acceptors (Lipinski definition) is 3. The third-order valence-corrected chi connectivity index (χ3v) is 2.21. The molecule has 0 atom stereocenters. The van der Waals surface area contributed by atoms with Crippen molar-refractivity contribution in [1.29, 1.82) is 5.26 Å². The first-order valence-corrected chi connectivity index (χ1v) is 4.54. The van der Waals surface area contributed by atoms with E-state index in [1.165, 1.54) is 0 Å². The van der Waals surface area contributed by atoms with Gasteiger partial charge in [0.1, 0.15) is 11.8 Å². The molecule has 1 aromatic rings. The Morgan fingerprint density at radius 2 is 2.27 bits per heavy atom. The third kappa shape index (κ3) is 2.22. The molecule has 0 aromatic carbocycles. The van der Waals surface area contributed by atoms with Gasteiger partial charge in [-0.25, -0.2) is 8.78 Å². The number of nitrogens with zero attached hydrogens (tertiary/aromatic N) is 2. The number of rotatable bonds is 3. The summed E-state index contributed by atoms with van der Waals surface area (Å²) in [6.45, 7) is -0.507. The Labute approximate surface area is 89.9 Å². The summed E-state index contributed by atoms with van der Waals surface area (Å²) in [6, 6.07) is 1.61. The monoisotopic (exact) mass is 232 g/mol. The van der Waals surface area contributed by atoms with Crippen molar-refractivity contribution < 1.29 is 13.9 Å². The first-order chi connectivity index (χ1) is 7.15. The van der Waals surface area contributed by atoms with E-state index >= 15 is 0 Å². The molecule has 1 rings (SSSR count). The van der Waals surface area contributed by atoms with E-state index in [2.05, 4.69) is 4.98 Å². The van der Waals surface area contributed by atoms with Gasteiger partial charge < -0.3 is 5.11 Å². The molecule has 0 amide bonds. The molecule has 0 saturated heterocycles. The minimum Gasteiger partial charge on any atom is -0.392 e. The molecule has 1 N–H and O–H groups in total. The Kier molecular flexibility index (Phi) is 3.95. The van der Waals surface area contributed by atoms with E-state index in [9.17, 15) is 8.78 Å². The molecular formula is C9H7ClF2N2O. The quantitative estimate of drug-likeness (QED) is 0.812. The molecule has 0 spiro atoms. The molecule has 0 aliphatic rings. The SMILES string of the molecule is N#Cc1c(C(F)F)ncc(CCl)c1CO. The lowest BCUT2D eigenvalue weighted by Gasteiger charge is -2.09. The predicted molar refractivity (Wildman–Crippen MR) is 49.4 cm³/mol. The molecular weight excluding hydrogens is 226 g/mol. The normalized spacial score (nSPS) is 10.4. The fourth-order valence-corrected chi connectivity index (χ4v) is 1.42. The second kappa shape index (κ2) is 5.01. The number of aliphatic hydroxyl groups excluding tert-OH is 1. The highest BCUT2D eigenvalue weighted by atomic mass is 35.5. The van der Waals surface area contributed by atoms with Gasteiger partial charge in [0, 0.05) is 17.6 Å². The van der Waals surface area contributed by atoms with Crippen molar-refractivity contribution in [2.75, 3.05) is 0 Å². The summed E-state index contributed by atoms with van der Waals surface area (Å²) >= 11 is 5.52. The maximum Gasteiger partial charge on any atom is 0.281 e. The average Bonchev–Trinajstić information content (AvgIpc) is 2.26. The molecule has 0 radical (unpaired) electrons. The van der Waals surface area contributed by atoms with Gasteiger partial charge in [-0.05, 0) is 5.56 Å². The van der Waals surface area contributed by atoms with Crippen molar-refractivity contribution in [3.63, 3.8) is 0 Å². The van der Waals surface area contributed by atoms with Gasteiger partial charge in [-0.2, -0.15) is 5.26 Å². The van der Waals surface area contributed by atoms with Crippen molar-refractivity contribution in [2.45, 2.75) is 18.9 Å². The van der Waals surface area contributed by atoms with Crippen LogP contribution in [0.25, 0.3) is 0 Å². The topological polar surface area (TPSA) is 56.9 Å². The van der Waals surface area contributed by atoms with Crippen LogP contribution in [0.5, 0.6) is 0 Å². The summed E-state index contributed by atoms with van der Waals surface area (Å²) in [7, 11) is 0. The first kappa shape index (κ1) is 11.8. The number of halogens is 3. The summed E-state index contributed by atoms with van der Waals surface area (Å²) in [4.78, 5) is 3.46. The van der Waals surface area contributed by atoms with Crippen LogP contribution in [0.3, 0.4) is 0 Å². The number of pyridine rings is 1. The summed E-state index contributed by atoms with van der Waals surface area (Å²) in [5.74, 6) is 0.0150. The van der Waals surface area contributed by atoms with E-state index in [0.717, 1.165) is 6.20 Å². The second-order valence-electron chi connectivity index (χ2n) is 2.73. The lowest BCUT2D eigenvalue weighted by molar-refractivity contribution is 0.145. The molecule has 1 aromatic heterocycles. The lowest BCUT2D eigenvalue weighted by Crippen LogP contribution is -2.04. The molecule has 6 heteroatoms. The molecule has 3 nitrogen and oxygen atoms in total. The Morgan fingerprint density at radius 1 is 1.60 bits per heavy atom. The Morgan fingerprint density at radius 3 is 2.67 bits per heavy atom. The second-order valence-corrected chi connectivity index (χ2v) is 2.99. The Bertz CT molecular complexity index is 404. The maximum atomic E-state index is 12.4. The molecule has 0 aliphatic heterocycles. The van der Waals surface area contributed by atoms with Gasteiger partial charge in [-0.3, -0.25) is 4.98 Å².